The Morgan fingerprint density at radius 3 is 2.27 bits per heavy atom. The number of aliphatic carboxylic acids is 1. The first-order chi connectivity index (χ1) is 12.3. The molecule has 4 unspecified atom stereocenters. The summed E-state index contributed by atoms with van der Waals surface area (Å²) in [6.07, 6.45) is 4.93. The molecule has 26 heavy (non-hydrogen) atoms. The number of carbonyl (C=O) groups excluding carboxylic acids is 2. The van der Waals surface area contributed by atoms with Crippen molar-refractivity contribution in [1.82, 2.24) is 10.6 Å². The van der Waals surface area contributed by atoms with Crippen LogP contribution in [0, 0.1) is 5.92 Å². The Bertz CT molecular complexity index is 450. The van der Waals surface area contributed by atoms with E-state index in [1.165, 1.54) is 0 Å². The molecule has 0 aromatic heterocycles. The number of amides is 2. The molecule has 9 heteroatoms. The van der Waals surface area contributed by atoms with E-state index in [4.69, 9.17) is 11.5 Å². The SMILES string of the molecule is CCC(C)C(NC(=O)C(CCSC)NC(=O)C(N)CCCCN)C(=O)O. The number of thioether (sulfide) groups is 1. The van der Waals surface area contributed by atoms with Crippen molar-refractivity contribution >= 4 is 29.5 Å². The number of nitrogens with one attached hydrogen (secondary N) is 2. The lowest BCUT2D eigenvalue weighted by atomic mass is 9.98. The molecule has 2 amide bonds. The summed E-state index contributed by atoms with van der Waals surface area (Å²) in [4.78, 5) is 36.2. The van der Waals surface area contributed by atoms with Gasteiger partial charge in [-0.1, -0.05) is 26.7 Å². The molecule has 0 saturated heterocycles. The molecule has 0 fully saturated rings. The first-order valence-electron chi connectivity index (χ1n) is 9.06. The molecule has 0 radical (unpaired) electrons. The summed E-state index contributed by atoms with van der Waals surface area (Å²) in [6.45, 7) is 4.17. The van der Waals surface area contributed by atoms with E-state index in [9.17, 15) is 19.5 Å². The average Bonchev–Trinajstić information content (AvgIpc) is 2.61. The van der Waals surface area contributed by atoms with E-state index < -0.39 is 35.9 Å². The molecule has 0 aliphatic heterocycles. The van der Waals surface area contributed by atoms with Crippen molar-refractivity contribution in [2.45, 2.75) is 64.1 Å². The number of nitrogens with two attached hydrogens (primary N) is 2. The van der Waals surface area contributed by atoms with Crippen molar-refractivity contribution in [2.75, 3.05) is 18.6 Å². The minimum absolute atomic E-state index is 0.216. The highest BCUT2D eigenvalue weighted by molar-refractivity contribution is 7.98. The second-order valence-electron chi connectivity index (χ2n) is 6.44. The summed E-state index contributed by atoms with van der Waals surface area (Å²) in [7, 11) is 0. The number of hydrogen-bond acceptors (Lipinski definition) is 6. The molecule has 0 aliphatic carbocycles. The number of rotatable bonds is 14. The molecule has 8 nitrogen and oxygen atoms in total. The minimum atomic E-state index is -1.08. The normalized spacial score (nSPS) is 15.6. The maximum atomic E-state index is 12.5. The molecule has 7 N–H and O–H groups in total. The van der Waals surface area contributed by atoms with Crippen molar-refractivity contribution in [3.8, 4) is 0 Å². The number of unbranched alkanes of at least 4 members (excludes halogenated alkanes) is 1. The molecule has 0 aromatic carbocycles. The zero-order valence-electron chi connectivity index (χ0n) is 16.0. The lowest BCUT2D eigenvalue weighted by Crippen LogP contribution is -2.55. The van der Waals surface area contributed by atoms with E-state index in [0.29, 0.717) is 31.6 Å². The molecular formula is C17H34N4O4S. The third kappa shape index (κ3) is 9.40. The summed E-state index contributed by atoms with van der Waals surface area (Å²) in [5, 5.41) is 14.6. The third-order valence-corrected chi connectivity index (χ3v) is 4.97. The van der Waals surface area contributed by atoms with Crippen molar-refractivity contribution in [3.63, 3.8) is 0 Å². The second-order valence-corrected chi connectivity index (χ2v) is 7.43. The van der Waals surface area contributed by atoms with Crippen molar-refractivity contribution in [1.29, 1.82) is 0 Å². The number of carboxylic acids is 1. The minimum Gasteiger partial charge on any atom is -0.480 e. The van der Waals surface area contributed by atoms with Crippen molar-refractivity contribution in [2.24, 2.45) is 17.4 Å². The fourth-order valence-electron chi connectivity index (χ4n) is 2.36. The Kier molecular flexibility index (Phi) is 13.1. The van der Waals surface area contributed by atoms with Gasteiger partial charge in [-0.05, 0) is 43.7 Å². The summed E-state index contributed by atoms with van der Waals surface area (Å²) < 4.78 is 0. The van der Waals surface area contributed by atoms with Crippen LogP contribution in [0.4, 0.5) is 0 Å². The van der Waals surface area contributed by atoms with Crippen LogP contribution in [0.25, 0.3) is 0 Å². The van der Waals surface area contributed by atoms with Crippen molar-refractivity contribution < 1.29 is 19.5 Å². The van der Waals surface area contributed by atoms with Gasteiger partial charge in [0.25, 0.3) is 0 Å². The number of hydrogen-bond donors (Lipinski definition) is 5. The van der Waals surface area contributed by atoms with Crippen LogP contribution in [0.15, 0.2) is 0 Å². The molecule has 152 valence electrons. The molecular weight excluding hydrogens is 356 g/mol. The van der Waals surface area contributed by atoms with Crippen LogP contribution in [-0.2, 0) is 14.4 Å². The highest BCUT2D eigenvalue weighted by Crippen LogP contribution is 2.10. The van der Waals surface area contributed by atoms with Gasteiger partial charge in [0, 0.05) is 0 Å². The first kappa shape index (κ1) is 24.7. The van der Waals surface area contributed by atoms with Crippen LogP contribution in [0.1, 0.15) is 46.0 Å². The molecule has 0 saturated carbocycles. The zero-order chi connectivity index (χ0) is 20.1. The Hall–Kier alpha value is -1.32. The van der Waals surface area contributed by atoms with Gasteiger partial charge in [0.05, 0.1) is 6.04 Å². The average molecular weight is 391 g/mol. The maximum absolute atomic E-state index is 12.5. The lowest BCUT2D eigenvalue weighted by molar-refractivity contribution is -0.143. The summed E-state index contributed by atoms with van der Waals surface area (Å²) in [6, 6.07) is -2.50. The Labute approximate surface area is 160 Å². The van der Waals surface area contributed by atoms with Crippen LogP contribution >= 0.6 is 11.8 Å². The zero-order valence-corrected chi connectivity index (χ0v) is 16.8. The van der Waals surface area contributed by atoms with Gasteiger partial charge in [-0.2, -0.15) is 11.8 Å². The van der Waals surface area contributed by atoms with Crippen LogP contribution in [0.2, 0.25) is 0 Å². The monoisotopic (exact) mass is 390 g/mol. The standard InChI is InChI=1S/C17H34N4O4S/c1-4-11(2)14(17(24)25)21-16(23)13(8-10-26-3)20-15(22)12(19)7-5-6-9-18/h11-14H,4-10,18-19H2,1-3H3,(H,20,22)(H,21,23)(H,24,25). The van der Waals surface area contributed by atoms with E-state index in [1.807, 2.05) is 13.2 Å². The molecule has 0 aromatic rings. The highest BCUT2D eigenvalue weighted by Gasteiger charge is 2.30. The van der Waals surface area contributed by atoms with Gasteiger partial charge < -0.3 is 27.2 Å². The molecule has 0 rings (SSSR count). The van der Waals surface area contributed by atoms with Crippen LogP contribution < -0.4 is 22.1 Å². The Morgan fingerprint density at radius 2 is 1.77 bits per heavy atom. The smallest absolute Gasteiger partial charge is 0.326 e. The highest BCUT2D eigenvalue weighted by atomic mass is 32.2. The van der Waals surface area contributed by atoms with Crippen LogP contribution in [-0.4, -0.2) is 59.6 Å². The van der Waals surface area contributed by atoms with Gasteiger partial charge in [0.15, 0.2) is 0 Å². The molecule has 0 aliphatic rings. The quantitative estimate of drug-likeness (QED) is 0.268. The van der Waals surface area contributed by atoms with Gasteiger partial charge >= 0.3 is 5.97 Å². The Morgan fingerprint density at radius 1 is 1.12 bits per heavy atom. The number of carboxylic acid groups (broad SMARTS) is 1. The number of carbonyl (C=O) groups is 3. The van der Waals surface area contributed by atoms with Gasteiger partial charge in [-0.15, -0.1) is 0 Å². The summed E-state index contributed by atoms with van der Waals surface area (Å²) >= 11 is 1.54. The van der Waals surface area contributed by atoms with E-state index in [1.54, 1.807) is 18.7 Å². The van der Waals surface area contributed by atoms with Crippen molar-refractivity contribution in [3.05, 3.63) is 0 Å². The van der Waals surface area contributed by atoms with Gasteiger partial charge in [0.2, 0.25) is 11.8 Å². The van der Waals surface area contributed by atoms with Crippen LogP contribution in [0.5, 0.6) is 0 Å². The maximum Gasteiger partial charge on any atom is 0.326 e. The molecule has 0 bridgehead atoms. The van der Waals surface area contributed by atoms with Gasteiger partial charge in [0.1, 0.15) is 12.1 Å². The van der Waals surface area contributed by atoms with E-state index >= 15 is 0 Å². The third-order valence-electron chi connectivity index (χ3n) is 4.33. The summed E-state index contributed by atoms with van der Waals surface area (Å²) in [5.41, 5.74) is 11.3. The van der Waals surface area contributed by atoms with Crippen LogP contribution in [0.3, 0.4) is 0 Å². The van der Waals surface area contributed by atoms with Gasteiger partial charge in [-0.3, -0.25) is 9.59 Å². The van der Waals surface area contributed by atoms with E-state index in [2.05, 4.69) is 10.6 Å². The molecule has 0 spiro atoms. The molecule has 4 atom stereocenters. The summed E-state index contributed by atoms with van der Waals surface area (Å²) in [5.74, 6) is -1.54. The Balaban J connectivity index is 4.91. The predicted octanol–water partition coefficient (Wildman–Crippen LogP) is 0.296. The molecule has 0 heterocycles. The second kappa shape index (κ2) is 13.8. The fourth-order valence-corrected chi connectivity index (χ4v) is 2.83. The fraction of sp³-hybridized carbons (Fsp3) is 0.824. The van der Waals surface area contributed by atoms with E-state index in [-0.39, 0.29) is 5.92 Å². The predicted molar refractivity (Wildman–Crippen MR) is 105 cm³/mol. The van der Waals surface area contributed by atoms with Gasteiger partial charge in [-0.25, -0.2) is 4.79 Å². The topological polar surface area (TPSA) is 148 Å². The lowest BCUT2D eigenvalue weighted by Gasteiger charge is -2.25. The largest absolute Gasteiger partial charge is 0.480 e. The first-order valence-corrected chi connectivity index (χ1v) is 10.5. The van der Waals surface area contributed by atoms with E-state index in [0.717, 1.165) is 12.8 Å².